The van der Waals surface area contributed by atoms with Gasteiger partial charge in [-0.25, -0.2) is 19.6 Å². The number of halogens is 7. The molecule has 2 aliphatic carbocycles. The zero-order valence-corrected chi connectivity index (χ0v) is 45.2. The SMILES string of the molecule is CCN(c1ncc(-c2ccc(C)o2)cc1CN1C(=O)O[C@H](c2cc(C)cc(C(F)(F)F)c2)[C@@H]1C)C1CCCCC1.CCN(c1ncc(Br)cc1CN1C(=O)O[C@H](c2cc(C)cc(C(F)(F)F)c2)[C@@H]1C)C1CCCCC1. The molecule has 2 saturated carbocycles. The summed E-state index contributed by atoms with van der Waals surface area (Å²) in [6, 6.07) is 15.3. The van der Waals surface area contributed by atoms with Crippen molar-refractivity contribution in [3.8, 4) is 11.3 Å². The summed E-state index contributed by atoms with van der Waals surface area (Å²) in [5, 5.41) is 0. The fourth-order valence-electron chi connectivity index (χ4n) is 11.4. The number of hydrogen-bond donors (Lipinski definition) is 0. The minimum absolute atomic E-state index is 0.216. The third-order valence-electron chi connectivity index (χ3n) is 15.1. The summed E-state index contributed by atoms with van der Waals surface area (Å²) in [7, 11) is 0. The second-order valence-corrected chi connectivity index (χ2v) is 21.4. The number of carbonyl (C=O) groups is 2. The van der Waals surface area contributed by atoms with Crippen LogP contribution in [0.25, 0.3) is 11.3 Å². The molecule has 2 saturated heterocycles. The third kappa shape index (κ3) is 12.7. The van der Waals surface area contributed by atoms with E-state index >= 15 is 0 Å². The van der Waals surface area contributed by atoms with Gasteiger partial charge in [-0.3, -0.25) is 9.80 Å². The number of aryl methyl sites for hydroxylation is 3. The second-order valence-electron chi connectivity index (χ2n) is 20.5. The van der Waals surface area contributed by atoms with E-state index in [1.807, 2.05) is 51.2 Å². The number of nitrogens with zero attached hydrogens (tertiary/aromatic N) is 6. The van der Waals surface area contributed by atoms with Gasteiger partial charge in [-0.15, -0.1) is 0 Å². The molecule has 2 aromatic carbocycles. The molecule has 9 rings (SSSR count). The number of alkyl halides is 6. The number of ether oxygens (including phenoxy) is 2. The van der Waals surface area contributed by atoms with Gasteiger partial charge in [0.25, 0.3) is 0 Å². The van der Waals surface area contributed by atoms with Crippen molar-refractivity contribution in [3.05, 3.63) is 128 Å². The van der Waals surface area contributed by atoms with Crippen LogP contribution in [0.4, 0.5) is 47.6 Å². The first kappa shape index (κ1) is 55.5. The Labute approximate surface area is 444 Å². The van der Waals surface area contributed by atoms with Crippen molar-refractivity contribution >= 4 is 39.8 Å². The van der Waals surface area contributed by atoms with Gasteiger partial charge < -0.3 is 23.7 Å². The van der Waals surface area contributed by atoms with E-state index in [4.69, 9.17) is 23.9 Å². The largest absolute Gasteiger partial charge is 0.461 e. The summed E-state index contributed by atoms with van der Waals surface area (Å²) in [6.45, 7) is 15.0. The van der Waals surface area contributed by atoms with Crippen LogP contribution in [0.5, 0.6) is 0 Å². The maximum atomic E-state index is 13.5. The van der Waals surface area contributed by atoms with E-state index < -0.39 is 60.0 Å². The van der Waals surface area contributed by atoms with Crippen molar-refractivity contribution < 1.29 is 49.8 Å². The average molecular weight is 1110 g/mol. The molecular formula is C57H67BrF6N6O5. The highest BCUT2D eigenvalue weighted by atomic mass is 79.9. The van der Waals surface area contributed by atoms with E-state index in [1.165, 1.54) is 38.5 Å². The van der Waals surface area contributed by atoms with Crippen molar-refractivity contribution in [2.75, 3.05) is 22.9 Å². The Morgan fingerprint density at radius 3 is 1.47 bits per heavy atom. The number of benzene rings is 2. The Morgan fingerprint density at radius 2 is 1.05 bits per heavy atom. The summed E-state index contributed by atoms with van der Waals surface area (Å²) in [5.74, 6) is 3.14. The molecule has 18 heteroatoms. The lowest BCUT2D eigenvalue weighted by Gasteiger charge is -2.36. The zero-order valence-electron chi connectivity index (χ0n) is 43.7. The molecule has 0 N–H and O–H groups in total. The first-order valence-electron chi connectivity index (χ1n) is 26.2. The van der Waals surface area contributed by atoms with Gasteiger partial charge >= 0.3 is 24.5 Å². The van der Waals surface area contributed by atoms with Crippen LogP contribution in [0.3, 0.4) is 0 Å². The monoisotopic (exact) mass is 1110 g/mol. The fraction of sp³-hybridized carbons (Fsp3) is 0.509. The lowest BCUT2D eigenvalue weighted by molar-refractivity contribution is -0.138. The quantitative estimate of drug-likeness (QED) is 0.107. The third-order valence-corrected chi connectivity index (χ3v) is 15.5. The molecular weight excluding hydrogens is 1040 g/mol. The normalized spacial score (nSPS) is 20.7. The van der Waals surface area contributed by atoms with E-state index in [0.717, 1.165) is 102 Å². The van der Waals surface area contributed by atoms with Gasteiger partial charge in [0.2, 0.25) is 0 Å². The standard InChI is InChI=1S/C31H36F3N3O3.C26H31BrF3N3O2/c1-5-36(26-9-7-6-8-10-26)29-24(15-23(17-35-29)27-12-11-20(3)39-27)18-37-21(4)28(40-30(37)38)22-13-19(2)14-25(16-22)31(32,33)34;1-4-32(22-8-6-5-7-9-22)24-19(13-21(27)14-31-24)15-33-17(3)23(35-25(33)34)18-10-16(2)11-20(12-18)26(28,29)30/h11-17,21,26,28H,5-10,18H2,1-4H3;10-14,17,22-23H,4-9,15H2,1-3H3/t21-,28-;17-,23-/m00/s1. The predicted octanol–water partition coefficient (Wildman–Crippen LogP) is 15.6. The first-order valence-corrected chi connectivity index (χ1v) is 27.0. The number of furan rings is 1. The van der Waals surface area contributed by atoms with E-state index in [9.17, 15) is 35.9 Å². The summed E-state index contributed by atoms with van der Waals surface area (Å²) in [5.41, 5.74) is 2.68. The van der Waals surface area contributed by atoms with Crippen LogP contribution in [-0.4, -0.2) is 69.2 Å². The fourth-order valence-corrected chi connectivity index (χ4v) is 11.7. The van der Waals surface area contributed by atoms with E-state index in [-0.39, 0.29) is 13.1 Å². The Hall–Kier alpha value is -5.78. The Kier molecular flexibility index (Phi) is 17.2. The Balaban J connectivity index is 0.000000201. The molecule has 0 radical (unpaired) electrons. The molecule has 0 bridgehead atoms. The van der Waals surface area contributed by atoms with Crippen LogP contribution in [0, 0.1) is 20.8 Å². The van der Waals surface area contributed by atoms with Crippen LogP contribution in [0.15, 0.2) is 81.9 Å². The van der Waals surface area contributed by atoms with Gasteiger partial charge in [0.15, 0.2) is 0 Å². The molecule has 5 aromatic rings. The van der Waals surface area contributed by atoms with Gasteiger partial charge in [0, 0.05) is 58.7 Å². The van der Waals surface area contributed by atoms with Gasteiger partial charge in [0.1, 0.15) is 35.4 Å². The second kappa shape index (κ2) is 23.2. The molecule has 2 amide bonds. The Morgan fingerprint density at radius 1 is 0.613 bits per heavy atom. The molecule has 11 nitrogen and oxygen atoms in total. The average Bonchev–Trinajstić information content (AvgIpc) is 4.03. The molecule has 404 valence electrons. The van der Waals surface area contributed by atoms with Crippen LogP contribution in [0.1, 0.15) is 154 Å². The van der Waals surface area contributed by atoms with Gasteiger partial charge in [0.05, 0.1) is 36.3 Å². The van der Waals surface area contributed by atoms with E-state index in [1.54, 1.807) is 42.0 Å². The van der Waals surface area contributed by atoms with Gasteiger partial charge in [-0.05, 0) is 150 Å². The van der Waals surface area contributed by atoms with E-state index in [0.29, 0.717) is 40.1 Å². The maximum absolute atomic E-state index is 13.5. The lowest BCUT2D eigenvalue weighted by Crippen LogP contribution is -2.39. The molecule has 2 aliphatic heterocycles. The molecule has 75 heavy (non-hydrogen) atoms. The number of carbonyl (C=O) groups excluding carboxylic acids is 2. The van der Waals surface area contributed by atoms with Crippen molar-refractivity contribution in [2.45, 2.75) is 174 Å². The molecule has 0 unspecified atom stereocenters. The molecule has 4 aliphatic rings. The van der Waals surface area contributed by atoms with Crippen molar-refractivity contribution in [2.24, 2.45) is 0 Å². The van der Waals surface area contributed by atoms with Crippen molar-refractivity contribution in [1.29, 1.82) is 0 Å². The number of hydrogen-bond acceptors (Lipinski definition) is 9. The summed E-state index contributed by atoms with van der Waals surface area (Å²) < 4.78 is 98.7. The van der Waals surface area contributed by atoms with Crippen LogP contribution >= 0.6 is 15.9 Å². The minimum atomic E-state index is -4.49. The number of amides is 2. The number of rotatable bonds is 13. The predicted molar refractivity (Wildman–Crippen MR) is 279 cm³/mol. The summed E-state index contributed by atoms with van der Waals surface area (Å²) in [6.07, 6.45) is 3.56. The molecule has 0 spiro atoms. The Bertz CT molecular complexity index is 2810. The van der Waals surface area contributed by atoms with E-state index in [2.05, 4.69) is 39.6 Å². The highest BCUT2D eigenvalue weighted by molar-refractivity contribution is 9.10. The molecule has 3 aromatic heterocycles. The minimum Gasteiger partial charge on any atom is -0.461 e. The number of cyclic esters (lactones) is 2. The topological polar surface area (TPSA) is 104 Å². The summed E-state index contributed by atoms with van der Waals surface area (Å²) in [4.78, 5) is 43.5. The highest BCUT2D eigenvalue weighted by Crippen LogP contribution is 2.42. The maximum Gasteiger partial charge on any atom is 0.416 e. The smallest absolute Gasteiger partial charge is 0.416 e. The first-order chi connectivity index (χ1) is 35.6. The molecule has 4 fully saturated rings. The van der Waals surface area contributed by atoms with Crippen molar-refractivity contribution in [1.82, 2.24) is 19.8 Å². The number of aromatic nitrogens is 2. The van der Waals surface area contributed by atoms with Crippen LogP contribution in [0.2, 0.25) is 0 Å². The van der Waals surface area contributed by atoms with Gasteiger partial charge in [-0.1, -0.05) is 61.8 Å². The lowest BCUT2D eigenvalue weighted by atomic mass is 9.93. The number of anilines is 2. The van der Waals surface area contributed by atoms with Crippen molar-refractivity contribution in [3.63, 3.8) is 0 Å². The van der Waals surface area contributed by atoms with Crippen LogP contribution in [-0.2, 0) is 34.9 Å². The molecule has 5 heterocycles. The number of pyridine rings is 2. The van der Waals surface area contributed by atoms with Gasteiger partial charge in [-0.2, -0.15) is 26.3 Å². The highest BCUT2D eigenvalue weighted by Gasteiger charge is 2.44. The molecule has 4 atom stereocenters. The van der Waals surface area contributed by atoms with Crippen LogP contribution < -0.4 is 9.80 Å². The zero-order chi connectivity index (χ0) is 53.9. The summed E-state index contributed by atoms with van der Waals surface area (Å²) >= 11 is 3.50.